The highest BCUT2D eigenvalue weighted by Gasteiger charge is 2.40. The molecule has 1 unspecified atom stereocenters. The van der Waals surface area contributed by atoms with Crippen molar-refractivity contribution in [1.29, 1.82) is 0 Å². The predicted molar refractivity (Wildman–Crippen MR) is 66.9 cm³/mol. The van der Waals surface area contributed by atoms with Crippen molar-refractivity contribution in [2.75, 3.05) is 13.3 Å². The average molecular weight is 348 g/mol. The Kier molecular flexibility index (Phi) is 5.80. The zero-order valence-electron chi connectivity index (χ0n) is 10.9. The van der Waals surface area contributed by atoms with Gasteiger partial charge in [0.05, 0.1) is 12.2 Å². The van der Waals surface area contributed by atoms with E-state index in [0.29, 0.717) is 6.07 Å². The second kappa shape index (κ2) is 6.78. The standard InChI is InChI=1S/C10H12F3O6PS/c1-3-17-8-6-4-5-7(10(11,12)13)9(8)21(15,16)19-18-20(2)14/h4-6,20H,3H2,1-2H3. The number of halogens is 3. The quantitative estimate of drug-likeness (QED) is 0.447. The lowest BCUT2D eigenvalue weighted by molar-refractivity contribution is -0.140. The van der Waals surface area contributed by atoms with Crippen LogP contribution in [0.3, 0.4) is 0 Å². The molecule has 0 aliphatic rings. The number of hydrogen-bond acceptors (Lipinski definition) is 6. The third-order valence-electron chi connectivity index (χ3n) is 2.08. The first kappa shape index (κ1) is 18.0. The summed E-state index contributed by atoms with van der Waals surface area (Å²) in [5.74, 6) is -0.535. The van der Waals surface area contributed by atoms with Crippen molar-refractivity contribution >= 4 is 18.1 Å². The summed E-state index contributed by atoms with van der Waals surface area (Å²) in [5, 5.41) is 0. The minimum atomic E-state index is -4.96. The lowest BCUT2D eigenvalue weighted by Gasteiger charge is -2.16. The van der Waals surface area contributed by atoms with E-state index in [2.05, 4.69) is 9.01 Å². The summed E-state index contributed by atoms with van der Waals surface area (Å²) < 4.78 is 86.0. The third kappa shape index (κ3) is 4.70. The van der Waals surface area contributed by atoms with E-state index in [0.717, 1.165) is 18.8 Å². The van der Waals surface area contributed by atoms with Crippen LogP contribution in [0.25, 0.3) is 0 Å². The molecule has 0 spiro atoms. The molecule has 0 saturated carbocycles. The highest BCUT2D eigenvalue weighted by Crippen LogP contribution is 2.40. The zero-order valence-corrected chi connectivity index (χ0v) is 12.7. The van der Waals surface area contributed by atoms with Gasteiger partial charge in [0.15, 0.2) is 4.90 Å². The van der Waals surface area contributed by atoms with Gasteiger partial charge >= 0.3 is 16.3 Å². The number of alkyl halides is 3. The molecule has 0 aliphatic carbocycles. The van der Waals surface area contributed by atoms with Crippen LogP contribution in [0.5, 0.6) is 5.75 Å². The van der Waals surface area contributed by atoms with Gasteiger partial charge in [0.2, 0.25) is 8.03 Å². The minimum absolute atomic E-state index is 0.0605. The molecular weight excluding hydrogens is 336 g/mol. The summed E-state index contributed by atoms with van der Waals surface area (Å²) in [5.41, 5.74) is -1.46. The number of rotatable bonds is 6. The van der Waals surface area contributed by atoms with E-state index in [1.54, 1.807) is 0 Å². The first-order valence-corrected chi connectivity index (χ1v) is 8.76. The van der Waals surface area contributed by atoms with Gasteiger partial charge in [0.1, 0.15) is 5.75 Å². The van der Waals surface area contributed by atoms with E-state index in [1.165, 1.54) is 6.92 Å². The molecule has 120 valence electrons. The van der Waals surface area contributed by atoms with Crippen LogP contribution in [-0.4, -0.2) is 21.7 Å². The van der Waals surface area contributed by atoms with Crippen LogP contribution >= 0.6 is 8.03 Å². The van der Waals surface area contributed by atoms with Gasteiger partial charge in [-0.3, -0.25) is 4.57 Å². The van der Waals surface area contributed by atoms with Gasteiger partial charge in [0.25, 0.3) is 0 Å². The topological polar surface area (TPSA) is 78.9 Å². The fraction of sp³-hybridized carbons (Fsp3) is 0.400. The molecular formula is C10H12F3O6PS. The van der Waals surface area contributed by atoms with E-state index in [-0.39, 0.29) is 6.61 Å². The molecule has 1 aromatic rings. The Morgan fingerprint density at radius 2 is 1.90 bits per heavy atom. The van der Waals surface area contributed by atoms with Crippen LogP contribution in [0.15, 0.2) is 23.1 Å². The Labute approximate surface area is 119 Å². The van der Waals surface area contributed by atoms with Gasteiger partial charge in [-0.25, -0.2) is 0 Å². The summed E-state index contributed by atoms with van der Waals surface area (Å²) in [6.07, 6.45) is -4.95. The van der Waals surface area contributed by atoms with Crippen LogP contribution in [-0.2, 0) is 29.9 Å². The first-order chi connectivity index (χ1) is 9.59. The second-order valence-electron chi connectivity index (χ2n) is 3.66. The van der Waals surface area contributed by atoms with E-state index in [4.69, 9.17) is 4.74 Å². The largest absolute Gasteiger partial charge is 0.492 e. The first-order valence-electron chi connectivity index (χ1n) is 5.54. The van der Waals surface area contributed by atoms with Crippen molar-refractivity contribution in [3.05, 3.63) is 23.8 Å². The summed E-state index contributed by atoms with van der Waals surface area (Å²) in [6.45, 7) is 2.42. The van der Waals surface area contributed by atoms with Crippen molar-refractivity contribution in [3.63, 3.8) is 0 Å². The molecule has 0 amide bonds. The van der Waals surface area contributed by atoms with E-state index in [1.807, 2.05) is 0 Å². The lowest BCUT2D eigenvalue weighted by atomic mass is 10.2. The molecule has 11 heteroatoms. The highest BCUT2D eigenvalue weighted by molar-refractivity contribution is 7.87. The fourth-order valence-electron chi connectivity index (χ4n) is 1.39. The molecule has 6 nitrogen and oxygen atoms in total. The minimum Gasteiger partial charge on any atom is -0.492 e. The summed E-state index contributed by atoms with van der Waals surface area (Å²) in [6, 6.07) is 2.61. The van der Waals surface area contributed by atoms with Crippen molar-refractivity contribution in [3.8, 4) is 5.75 Å². The molecule has 0 aliphatic heterocycles. The molecule has 1 atom stereocenters. The number of hydrogen-bond donors (Lipinski definition) is 0. The Morgan fingerprint density at radius 3 is 2.38 bits per heavy atom. The number of benzene rings is 1. The predicted octanol–water partition coefficient (Wildman–Crippen LogP) is 2.85. The van der Waals surface area contributed by atoms with Gasteiger partial charge < -0.3 is 4.74 Å². The molecule has 1 aromatic carbocycles. The molecule has 0 fully saturated rings. The monoisotopic (exact) mass is 348 g/mol. The fourth-order valence-corrected chi connectivity index (χ4v) is 3.03. The summed E-state index contributed by atoms with van der Waals surface area (Å²) in [7, 11) is -7.78. The normalized spacial score (nSPS) is 14.0. The van der Waals surface area contributed by atoms with Crippen molar-refractivity contribution in [1.82, 2.24) is 0 Å². The smallest absolute Gasteiger partial charge is 0.417 e. The molecule has 0 bridgehead atoms. The maximum atomic E-state index is 12.9. The van der Waals surface area contributed by atoms with Crippen LogP contribution in [0, 0.1) is 0 Å². The summed E-state index contributed by atoms with van der Waals surface area (Å²) in [4.78, 5) is -1.22. The maximum absolute atomic E-state index is 12.9. The highest BCUT2D eigenvalue weighted by atomic mass is 32.2. The molecule has 0 radical (unpaired) electrons. The van der Waals surface area contributed by atoms with E-state index >= 15 is 0 Å². The average Bonchev–Trinajstić information content (AvgIpc) is 2.35. The lowest BCUT2D eigenvalue weighted by Crippen LogP contribution is -2.16. The Bertz CT molecular complexity index is 628. The van der Waals surface area contributed by atoms with Crippen LogP contribution < -0.4 is 4.74 Å². The molecule has 0 heterocycles. The van der Waals surface area contributed by atoms with Gasteiger partial charge in [-0.1, -0.05) is 10.4 Å². The maximum Gasteiger partial charge on any atom is 0.417 e. The molecule has 0 N–H and O–H groups in total. The molecule has 0 saturated heterocycles. The number of ether oxygens (including phenoxy) is 1. The van der Waals surface area contributed by atoms with Crippen molar-refractivity contribution in [2.45, 2.75) is 18.0 Å². The van der Waals surface area contributed by atoms with E-state index < -0.39 is 40.5 Å². The SMILES string of the molecule is CCOc1cccc(C(F)(F)F)c1S(=O)(=O)OO[PH](C)=O. The van der Waals surface area contributed by atoms with Crippen LogP contribution in [0.1, 0.15) is 12.5 Å². The van der Waals surface area contributed by atoms with Gasteiger partial charge in [-0.15, -0.1) is 0 Å². The van der Waals surface area contributed by atoms with Gasteiger partial charge in [0, 0.05) is 6.66 Å². The second-order valence-corrected chi connectivity index (χ2v) is 6.26. The Morgan fingerprint density at radius 1 is 1.29 bits per heavy atom. The van der Waals surface area contributed by atoms with Gasteiger partial charge in [-0.05, 0) is 19.1 Å². The zero-order chi connectivity index (χ0) is 16.3. The van der Waals surface area contributed by atoms with E-state index in [9.17, 15) is 26.2 Å². The Hall–Kier alpha value is -1.09. The molecule has 21 heavy (non-hydrogen) atoms. The molecule has 1 rings (SSSR count). The van der Waals surface area contributed by atoms with Crippen LogP contribution in [0.2, 0.25) is 0 Å². The van der Waals surface area contributed by atoms with Crippen molar-refractivity contribution < 1.29 is 39.9 Å². The third-order valence-corrected chi connectivity index (χ3v) is 3.68. The van der Waals surface area contributed by atoms with Gasteiger partial charge in [-0.2, -0.15) is 26.3 Å². The van der Waals surface area contributed by atoms with Crippen molar-refractivity contribution in [2.24, 2.45) is 0 Å². The van der Waals surface area contributed by atoms with Crippen LogP contribution in [0.4, 0.5) is 13.2 Å². The molecule has 0 aromatic heterocycles. The summed E-state index contributed by atoms with van der Waals surface area (Å²) >= 11 is 0. The Balaban J connectivity index is 3.46.